The van der Waals surface area contributed by atoms with Crippen molar-refractivity contribution in [1.82, 2.24) is 19.5 Å². The maximum Gasteiger partial charge on any atom is 0.224 e. The van der Waals surface area contributed by atoms with Crippen molar-refractivity contribution < 1.29 is 14.9 Å². The number of nitrogens with two attached hydrogens (primary N) is 2. The fourth-order valence-corrected chi connectivity index (χ4v) is 2.50. The quantitative estimate of drug-likeness (QED) is 0.541. The summed E-state index contributed by atoms with van der Waals surface area (Å²) in [4.78, 5) is 12.1. The Kier molecular flexibility index (Phi) is 2.96. The number of fused-ring (bicyclic) bond motifs is 1. The number of aliphatic hydroxyl groups excluding tert-OH is 2. The number of rotatable bonds is 2. The van der Waals surface area contributed by atoms with Crippen molar-refractivity contribution in [3.05, 3.63) is 6.33 Å². The average Bonchev–Trinajstić information content (AvgIpc) is 2.93. The molecule has 1 aliphatic rings. The highest BCUT2D eigenvalue weighted by Crippen LogP contribution is 2.36. The molecule has 0 aromatic carbocycles. The van der Waals surface area contributed by atoms with Crippen LogP contribution in [0.3, 0.4) is 0 Å². The number of ether oxygens (including phenoxy) is 1. The number of anilines is 2. The summed E-state index contributed by atoms with van der Waals surface area (Å²) in [6.45, 7) is 1.57. The van der Waals surface area contributed by atoms with Crippen LogP contribution in [0.15, 0.2) is 6.33 Å². The molecule has 3 rings (SSSR count). The summed E-state index contributed by atoms with van der Waals surface area (Å²) in [6, 6.07) is 0. The molecule has 108 valence electrons. The molecule has 0 saturated carbocycles. The second kappa shape index (κ2) is 4.54. The highest BCUT2D eigenvalue weighted by molar-refractivity contribution is 5.82. The first kappa shape index (κ1) is 13.0. The topological polar surface area (TPSA) is 145 Å². The number of aromatic nitrogens is 4. The van der Waals surface area contributed by atoms with E-state index in [2.05, 4.69) is 15.0 Å². The van der Waals surface area contributed by atoms with Crippen LogP contribution < -0.4 is 11.5 Å². The summed E-state index contributed by atoms with van der Waals surface area (Å²) in [6.07, 6.45) is -0.383. The second-order valence-corrected chi connectivity index (χ2v) is 4.89. The fourth-order valence-electron chi connectivity index (χ4n) is 2.50. The zero-order valence-corrected chi connectivity index (χ0v) is 10.8. The Labute approximate surface area is 114 Å². The van der Waals surface area contributed by atoms with Gasteiger partial charge in [0.05, 0.1) is 19.0 Å². The second-order valence-electron chi connectivity index (χ2n) is 4.89. The van der Waals surface area contributed by atoms with Crippen LogP contribution in [0.25, 0.3) is 11.2 Å². The van der Waals surface area contributed by atoms with E-state index in [1.165, 1.54) is 6.33 Å². The minimum atomic E-state index is -0.765. The lowest BCUT2D eigenvalue weighted by atomic mass is 10.0. The van der Waals surface area contributed by atoms with Crippen molar-refractivity contribution in [2.24, 2.45) is 5.92 Å². The molecule has 9 nitrogen and oxygen atoms in total. The molecular formula is C11H16N6O3. The maximum absolute atomic E-state index is 10.0. The zero-order valence-electron chi connectivity index (χ0n) is 10.8. The number of hydrogen-bond donors (Lipinski definition) is 4. The summed E-state index contributed by atoms with van der Waals surface area (Å²) >= 11 is 0. The van der Waals surface area contributed by atoms with Gasteiger partial charge in [0.25, 0.3) is 0 Å². The van der Waals surface area contributed by atoms with Gasteiger partial charge in [-0.3, -0.25) is 4.57 Å². The van der Waals surface area contributed by atoms with Crippen LogP contribution in [0.2, 0.25) is 0 Å². The summed E-state index contributed by atoms with van der Waals surface area (Å²) in [5, 5.41) is 19.2. The Morgan fingerprint density at radius 3 is 2.80 bits per heavy atom. The van der Waals surface area contributed by atoms with Crippen LogP contribution in [0.1, 0.15) is 13.2 Å². The first-order valence-corrected chi connectivity index (χ1v) is 6.23. The standard InChI is InChI=1S/C11H16N6O3/c1-4-7(19)5(2-18)20-10(4)17-3-14-6-8(12)15-11(13)16-9(6)17/h3-5,7,10,18-19H,2H2,1H3,(H4,12,13,15,16)/t4?,5-,7?,10-/m1/s1. The lowest BCUT2D eigenvalue weighted by molar-refractivity contribution is -0.0447. The van der Waals surface area contributed by atoms with Gasteiger partial charge in [0.1, 0.15) is 17.8 Å². The van der Waals surface area contributed by atoms with Crippen LogP contribution in [0, 0.1) is 5.92 Å². The van der Waals surface area contributed by atoms with Gasteiger partial charge in [-0.1, -0.05) is 6.92 Å². The molecule has 6 N–H and O–H groups in total. The van der Waals surface area contributed by atoms with E-state index < -0.39 is 18.4 Å². The molecule has 1 aliphatic heterocycles. The number of nitrogen functional groups attached to an aromatic ring is 2. The summed E-state index contributed by atoms with van der Waals surface area (Å²) < 4.78 is 7.29. The van der Waals surface area contributed by atoms with Crippen molar-refractivity contribution in [2.75, 3.05) is 18.1 Å². The lowest BCUT2D eigenvalue weighted by Crippen LogP contribution is -2.28. The molecule has 4 atom stereocenters. The number of imidazole rings is 1. The van der Waals surface area contributed by atoms with Crippen molar-refractivity contribution in [1.29, 1.82) is 0 Å². The van der Waals surface area contributed by atoms with Gasteiger partial charge < -0.3 is 26.4 Å². The lowest BCUT2D eigenvalue weighted by Gasteiger charge is -2.17. The average molecular weight is 280 g/mol. The Morgan fingerprint density at radius 1 is 1.40 bits per heavy atom. The minimum Gasteiger partial charge on any atom is -0.394 e. The Morgan fingerprint density at radius 2 is 2.15 bits per heavy atom. The number of hydrogen-bond acceptors (Lipinski definition) is 8. The molecule has 0 bridgehead atoms. The molecule has 0 spiro atoms. The molecule has 1 fully saturated rings. The number of aliphatic hydroxyl groups is 2. The first-order chi connectivity index (χ1) is 9.52. The third kappa shape index (κ3) is 1.79. The molecule has 2 aromatic heterocycles. The molecule has 2 aromatic rings. The molecule has 0 aliphatic carbocycles. The Hall–Kier alpha value is -1.97. The van der Waals surface area contributed by atoms with Crippen molar-refractivity contribution in [3.8, 4) is 0 Å². The van der Waals surface area contributed by atoms with Crippen molar-refractivity contribution in [2.45, 2.75) is 25.4 Å². The zero-order chi connectivity index (χ0) is 14.4. The smallest absolute Gasteiger partial charge is 0.224 e. The van der Waals surface area contributed by atoms with Gasteiger partial charge in [0.15, 0.2) is 11.5 Å². The van der Waals surface area contributed by atoms with E-state index in [0.717, 1.165) is 0 Å². The summed E-state index contributed by atoms with van der Waals surface area (Å²) in [5.41, 5.74) is 12.2. The van der Waals surface area contributed by atoms with Gasteiger partial charge in [-0.25, -0.2) is 4.98 Å². The highest BCUT2D eigenvalue weighted by atomic mass is 16.5. The van der Waals surface area contributed by atoms with Crippen LogP contribution in [-0.2, 0) is 4.74 Å². The van der Waals surface area contributed by atoms with Crippen LogP contribution in [0.5, 0.6) is 0 Å². The summed E-state index contributed by atoms with van der Waals surface area (Å²) in [7, 11) is 0. The molecule has 2 unspecified atom stereocenters. The predicted molar refractivity (Wildman–Crippen MR) is 70.3 cm³/mol. The molecule has 1 saturated heterocycles. The van der Waals surface area contributed by atoms with Gasteiger partial charge in [-0.2, -0.15) is 9.97 Å². The van der Waals surface area contributed by atoms with Gasteiger partial charge in [-0.15, -0.1) is 0 Å². The van der Waals surface area contributed by atoms with E-state index in [-0.39, 0.29) is 24.3 Å². The van der Waals surface area contributed by atoms with E-state index in [9.17, 15) is 10.2 Å². The predicted octanol–water partition coefficient (Wildman–Crippen LogP) is -1.12. The van der Waals surface area contributed by atoms with Gasteiger partial charge >= 0.3 is 0 Å². The van der Waals surface area contributed by atoms with Gasteiger partial charge in [0, 0.05) is 5.92 Å². The molecular weight excluding hydrogens is 264 g/mol. The molecule has 3 heterocycles. The third-order valence-corrected chi connectivity index (χ3v) is 3.60. The molecule has 9 heteroatoms. The SMILES string of the molecule is CC1C(O)[C@@H](CO)O[C@H]1n1cnc2c(N)nc(N)nc21. The third-order valence-electron chi connectivity index (χ3n) is 3.60. The van der Waals surface area contributed by atoms with Gasteiger partial charge in [-0.05, 0) is 0 Å². The molecule has 0 amide bonds. The van der Waals surface area contributed by atoms with Crippen LogP contribution in [0.4, 0.5) is 11.8 Å². The number of nitrogens with zero attached hydrogens (tertiary/aromatic N) is 4. The molecule has 20 heavy (non-hydrogen) atoms. The fraction of sp³-hybridized carbons (Fsp3) is 0.545. The highest BCUT2D eigenvalue weighted by Gasteiger charge is 2.42. The normalized spacial score (nSPS) is 30.1. The van der Waals surface area contributed by atoms with Gasteiger partial charge in [0.2, 0.25) is 5.95 Å². The molecule has 0 radical (unpaired) electrons. The van der Waals surface area contributed by atoms with E-state index in [1.54, 1.807) is 4.57 Å². The Balaban J connectivity index is 2.07. The van der Waals surface area contributed by atoms with E-state index in [1.807, 2.05) is 6.92 Å². The van der Waals surface area contributed by atoms with E-state index >= 15 is 0 Å². The Bertz CT molecular complexity index is 644. The first-order valence-electron chi connectivity index (χ1n) is 6.23. The van der Waals surface area contributed by atoms with E-state index in [0.29, 0.717) is 11.2 Å². The van der Waals surface area contributed by atoms with Crippen LogP contribution in [-0.4, -0.2) is 48.5 Å². The minimum absolute atomic E-state index is 0.0432. The van der Waals surface area contributed by atoms with Crippen molar-refractivity contribution >= 4 is 22.9 Å². The van der Waals surface area contributed by atoms with E-state index in [4.69, 9.17) is 16.2 Å². The largest absolute Gasteiger partial charge is 0.394 e. The van der Waals surface area contributed by atoms with Crippen LogP contribution >= 0.6 is 0 Å². The summed E-state index contributed by atoms with van der Waals surface area (Å²) in [5.74, 6) is -0.000206. The maximum atomic E-state index is 10.0. The monoisotopic (exact) mass is 280 g/mol. The van der Waals surface area contributed by atoms with Crippen molar-refractivity contribution in [3.63, 3.8) is 0 Å².